The fourth-order valence-electron chi connectivity index (χ4n) is 5.96. The highest BCUT2D eigenvalue weighted by Gasteiger charge is 2.42. The first-order valence-corrected chi connectivity index (χ1v) is 14.8. The summed E-state index contributed by atoms with van der Waals surface area (Å²) in [6, 6.07) is 8.82. The Hall–Kier alpha value is -3.30. The molecule has 1 spiro atoms. The minimum absolute atomic E-state index is 0.290. The predicted octanol–water partition coefficient (Wildman–Crippen LogP) is 2.74. The number of nitrogens with one attached hydrogen (secondary N) is 1. The second-order valence-electron chi connectivity index (χ2n) is 10.5. The molecule has 0 unspecified atom stereocenters. The third kappa shape index (κ3) is 3.79. The first-order chi connectivity index (χ1) is 17.2. The summed E-state index contributed by atoms with van der Waals surface area (Å²) in [5, 5.41) is 18.7. The van der Waals surface area contributed by atoms with E-state index in [1.54, 1.807) is 0 Å². The van der Waals surface area contributed by atoms with E-state index in [4.69, 9.17) is 4.98 Å². The zero-order valence-electron chi connectivity index (χ0n) is 20.1. The fourth-order valence-corrected chi connectivity index (χ4v) is 6.77. The Morgan fingerprint density at radius 1 is 1.09 bits per heavy atom. The lowest BCUT2D eigenvalue weighted by Gasteiger charge is -2.38. The molecule has 0 bridgehead atoms. The number of benzene rings is 1. The molecule has 8 nitrogen and oxygen atoms in total. The van der Waals surface area contributed by atoms with E-state index >= 15 is 0 Å². The number of H-pyrrole nitrogens is 1. The number of hydrogen-bond acceptors (Lipinski definition) is 5. The average molecular weight is 483 g/mol. The molecule has 7 rings (SSSR count). The van der Waals surface area contributed by atoms with Gasteiger partial charge in [0.25, 0.3) is 0 Å². The number of pyridine rings is 1. The van der Waals surface area contributed by atoms with Gasteiger partial charge < -0.3 is 4.40 Å². The number of fused-ring (bicyclic) bond motifs is 2. The first-order valence-electron chi connectivity index (χ1n) is 12.7. The highest BCUT2D eigenvalue weighted by atomic mass is 28.2. The molecule has 0 amide bonds. The number of aromatic nitrogens is 7. The van der Waals surface area contributed by atoms with Gasteiger partial charge in [-0.15, -0.1) is 5.10 Å². The zero-order valence-corrected chi connectivity index (χ0v) is 21.5. The Balaban J connectivity index is 1.10. The lowest BCUT2D eigenvalue weighted by atomic mass is 9.68. The summed E-state index contributed by atoms with van der Waals surface area (Å²) in [5.41, 5.74) is 6.99. The average Bonchev–Trinajstić information content (AvgIpc) is 3.63. The minimum atomic E-state index is -0.290. The molecule has 2 aliphatic rings. The van der Waals surface area contributed by atoms with Crippen molar-refractivity contribution in [3.05, 3.63) is 60.3 Å². The summed E-state index contributed by atoms with van der Waals surface area (Å²) in [6.07, 6.45) is 13.9. The van der Waals surface area contributed by atoms with E-state index in [9.17, 15) is 0 Å². The van der Waals surface area contributed by atoms with Gasteiger partial charge in [-0.3, -0.25) is 10.00 Å². The molecule has 178 valence electrons. The van der Waals surface area contributed by atoms with Crippen molar-refractivity contribution in [3.63, 3.8) is 0 Å². The van der Waals surface area contributed by atoms with Crippen LogP contribution in [0.5, 0.6) is 0 Å². The normalized spacial score (nSPS) is 18.0. The molecule has 1 aliphatic carbocycles. The molecule has 9 heteroatoms. The maximum absolute atomic E-state index is 4.83. The van der Waals surface area contributed by atoms with Crippen molar-refractivity contribution in [2.45, 2.75) is 45.3 Å². The smallest absolute Gasteiger partial charge is 0.137 e. The largest absolute Gasteiger partial charge is 0.306 e. The molecular weight excluding hydrogens is 452 g/mol. The quantitative estimate of drug-likeness (QED) is 0.377. The number of rotatable bonds is 6. The Labute approximate surface area is 206 Å². The van der Waals surface area contributed by atoms with E-state index < -0.39 is 0 Å². The van der Waals surface area contributed by atoms with Crippen molar-refractivity contribution in [2.75, 3.05) is 13.1 Å². The lowest BCUT2D eigenvalue weighted by Crippen LogP contribution is -2.32. The number of hydrogen-bond donors (Lipinski definition) is 1. The summed E-state index contributed by atoms with van der Waals surface area (Å²) in [5.74, 6) is 0. The van der Waals surface area contributed by atoms with Gasteiger partial charge in [0.1, 0.15) is 11.3 Å². The molecule has 4 aromatic heterocycles. The van der Waals surface area contributed by atoms with Gasteiger partial charge in [-0.2, -0.15) is 5.10 Å². The summed E-state index contributed by atoms with van der Waals surface area (Å²) in [7, 11) is -0.290. The van der Waals surface area contributed by atoms with Crippen LogP contribution < -0.4 is 5.19 Å². The van der Waals surface area contributed by atoms with Crippen LogP contribution >= 0.6 is 0 Å². The van der Waals surface area contributed by atoms with Gasteiger partial charge in [0.2, 0.25) is 0 Å². The molecule has 0 atom stereocenters. The zero-order chi connectivity index (χ0) is 23.4. The van der Waals surface area contributed by atoms with Crippen LogP contribution in [-0.4, -0.2) is 62.1 Å². The molecule has 1 aromatic carbocycles. The van der Waals surface area contributed by atoms with E-state index in [2.05, 4.69) is 73.0 Å². The highest BCUT2D eigenvalue weighted by molar-refractivity contribution is 6.52. The van der Waals surface area contributed by atoms with Crippen molar-refractivity contribution in [3.8, 4) is 11.3 Å². The van der Waals surface area contributed by atoms with Gasteiger partial charge in [0.05, 0.1) is 39.7 Å². The second kappa shape index (κ2) is 8.13. The van der Waals surface area contributed by atoms with Crippen LogP contribution in [0.15, 0.2) is 49.1 Å². The van der Waals surface area contributed by atoms with Crippen LogP contribution in [0.3, 0.4) is 0 Å². The highest BCUT2D eigenvalue weighted by Crippen LogP contribution is 2.48. The SMILES string of the molecule is C[SiH2]c1cc(-c2cn(Cc3cn4cc(CN5CCC6(CCC6)C5)ccc4n3)nn2)c2cn[nH]c2c1. The predicted molar refractivity (Wildman–Crippen MR) is 140 cm³/mol. The summed E-state index contributed by atoms with van der Waals surface area (Å²) in [4.78, 5) is 7.46. The summed E-state index contributed by atoms with van der Waals surface area (Å²) < 4.78 is 4.03. The van der Waals surface area contributed by atoms with Gasteiger partial charge >= 0.3 is 0 Å². The van der Waals surface area contributed by atoms with Crippen molar-refractivity contribution in [1.82, 2.24) is 39.5 Å². The van der Waals surface area contributed by atoms with Crippen molar-refractivity contribution in [1.29, 1.82) is 0 Å². The molecule has 0 radical (unpaired) electrons. The number of aromatic amines is 1. The number of nitrogens with zero attached hydrogens (tertiary/aromatic N) is 7. The maximum atomic E-state index is 4.83. The molecular formula is C26H30N8Si. The van der Waals surface area contributed by atoms with Crippen LogP contribution in [0.2, 0.25) is 6.55 Å². The molecule has 5 aromatic rings. The molecule has 5 heterocycles. The maximum Gasteiger partial charge on any atom is 0.137 e. The summed E-state index contributed by atoms with van der Waals surface area (Å²) >= 11 is 0. The Kier molecular flexibility index (Phi) is 4.88. The molecule has 35 heavy (non-hydrogen) atoms. The molecule has 2 fully saturated rings. The Bertz CT molecular complexity index is 1520. The molecule has 1 aliphatic heterocycles. The third-order valence-corrected chi connectivity index (χ3v) is 9.29. The number of likely N-dealkylation sites (tertiary alicyclic amines) is 1. The van der Waals surface area contributed by atoms with Gasteiger partial charge in [0.15, 0.2) is 0 Å². The lowest BCUT2D eigenvalue weighted by molar-refractivity contribution is 0.137. The van der Waals surface area contributed by atoms with Crippen LogP contribution in [0, 0.1) is 5.41 Å². The monoisotopic (exact) mass is 482 g/mol. The summed E-state index contributed by atoms with van der Waals surface area (Å²) in [6.45, 7) is 6.41. The van der Waals surface area contributed by atoms with Crippen molar-refractivity contribution >= 4 is 31.3 Å². The number of imidazole rings is 1. The van der Waals surface area contributed by atoms with E-state index in [0.29, 0.717) is 12.0 Å². The van der Waals surface area contributed by atoms with Gasteiger partial charge in [-0.05, 0) is 48.9 Å². The van der Waals surface area contributed by atoms with Crippen LogP contribution in [0.25, 0.3) is 27.8 Å². The second-order valence-corrected chi connectivity index (χ2v) is 12.0. The van der Waals surface area contributed by atoms with E-state index in [1.807, 2.05) is 17.1 Å². The fraction of sp³-hybridized carbons (Fsp3) is 0.385. The van der Waals surface area contributed by atoms with Gasteiger partial charge in [0, 0.05) is 36.4 Å². The van der Waals surface area contributed by atoms with Crippen LogP contribution in [0.4, 0.5) is 0 Å². The molecule has 1 N–H and O–H groups in total. The van der Waals surface area contributed by atoms with E-state index in [-0.39, 0.29) is 9.52 Å². The first kappa shape index (κ1) is 21.0. The van der Waals surface area contributed by atoms with Gasteiger partial charge in [-0.25, -0.2) is 9.67 Å². The Morgan fingerprint density at radius 3 is 2.86 bits per heavy atom. The topological polar surface area (TPSA) is 79.9 Å². The van der Waals surface area contributed by atoms with E-state index in [1.165, 1.54) is 49.5 Å². The third-order valence-electron chi connectivity index (χ3n) is 8.07. The Morgan fingerprint density at radius 2 is 2.03 bits per heavy atom. The minimum Gasteiger partial charge on any atom is -0.306 e. The van der Waals surface area contributed by atoms with E-state index in [0.717, 1.165) is 40.0 Å². The van der Waals surface area contributed by atoms with Crippen molar-refractivity contribution < 1.29 is 0 Å². The standard InChI is InChI=1S/C26H30N8Si/c1-35-20-9-21(22-11-27-29-23(22)10-20)24-16-34(31-30-24)15-19-14-33-13-18(3-4-25(33)28-19)12-32-8-7-26(17-32)5-2-6-26/h3-4,9-11,13-14,16H,2,5-8,12,15,17,35H2,1H3,(H,27,29). The molecule has 1 saturated heterocycles. The van der Waals surface area contributed by atoms with Crippen LogP contribution in [-0.2, 0) is 13.1 Å². The van der Waals surface area contributed by atoms with Gasteiger partial charge in [-0.1, -0.05) is 35.5 Å². The van der Waals surface area contributed by atoms with Crippen molar-refractivity contribution in [2.24, 2.45) is 5.41 Å². The molecule has 1 saturated carbocycles. The van der Waals surface area contributed by atoms with Crippen LogP contribution in [0.1, 0.15) is 36.9 Å².